The Kier molecular flexibility index (Phi) is 1.28. The highest BCUT2D eigenvalue weighted by Crippen LogP contribution is 2.38. The summed E-state index contributed by atoms with van der Waals surface area (Å²) in [4.78, 5) is 16.0. The fourth-order valence-corrected chi connectivity index (χ4v) is 1.74. The maximum absolute atomic E-state index is 11.5. The van der Waals surface area contributed by atoms with Gasteiger partial charge in [-0.3, -0.25) is 9.36 Å². The number of nitrogens with zero attached hydrogens (tertiary/aromatic N) is 2. The lowest BCUT2D eigenvalue weighted by Crippen LogP contribution is -2.18. The van der Waals surface area contributed by atoms with E-state index in [0.29, 0.717) is 5.92 Å². The largest absolute Gasteiger partial charge is 0.354 e. The van der Waals surface area contributed by atoms with E-state index in [1.54, 1.807) is 10.6 Å². The Morgan fingerprint density at radius 1 is 1.54 bits per heavy atom. The molecule has 4 nitrogen and oxygen atoms in total. The summed E-state index contributed by atoms with van der Waals surface area (Å²) < 4.78 is 1.70. The topological polar surface area (TPSA) is 46.9 Å². The highest BCUT2D eigenvalue weighted by atomic mass is 16.1. The molecule has 3 rings (SSSR count). The first-order chi connectivity index (χ1) is 6.34. The lowest BCUT2D eigenvalue weighted by molar-refractivity contribution is 0.752. The Bertz CT molecular complexity index is 406. The van der Waals surface area contributed by atoms with E-state index < -0.39 is 0 Å². The van der Waals surface area contributed by atoms with E-state index in [-0.39, 0.29) is 5.56 Å². The van der Waals surface area contributed by atoms with Crippen LogP contribution in [0.1, 0.15) is 24.5 Å². The number of fused-ring (bicyclic) bond motifs is 1. The number of nitrogens with one attached hydrogen (secondary N) is 1. The Hall–Kier alpha value is -1.32. The van der Waals surface area contributed by atoms with Gasteiger partial charge in [0.1, 0.15) is 0 Å². The van der Waals surface area contributed by atoms with Gasteiger partial charge in [0.05, 0.1) is 5.69 Å². The van der Waals surface area contributed by atoms with Gasteiger partial charge in [0.15, 0.2) is 0 Å². The second kappa shape index (κ2) is 2.34. The molecular weight excluding hydrogens is 166 g/mol. The molecule has 0 spiro atoms. The van der Waals surface area contributed by atoms with E-state index in [2.05, 4.69) is 10.3 Å². The summed E-state index contributed by atoms with van der Waals surface area (Å²) in [7, 11) is 0. The molecule has 0 aromatic carbocycles. The molecule has 1 saturated carbocycles. The molecule has 0 atom stereocenters. The zero-order valence-corrected chi connectivity index (χ0v) is 7.29. The van der Waals surface area contributed by atoms with Crippen LogP contribution in [0.5, 0.6) is 0 Å². The molecule has 0 unspecified atom stereocenters. The molecule has 0 amide bonds. The first-order valence-electron chi connectivity index (χ1n) is 4.70. The number of rotatable bonds is 1. The van der Waals surface area contributed by atoms with Crippen LogP contribution in [-0.2, 0) is 6.54 Å². The summed E-state index contributed by atoms with van der Waals surface area (Å²) in [6, 6.07) is 1.69. The van der Waals surface area contributed by atoms with Crippen molar-refractivity contribution in [2.45, 2.75) is 25.3 Å². The van der Waals surface area contributed by atoms with Gasteiger partial charge >= 0.3 is 0 Å². The maximum atomic E-state index is 11.5. The molecule has 1 aliphatic carbocycles. The van der Waals surface area contributed by atoms with Gasteiger partial charge in [-0.25, -0.2) is 4.98 Å². The average molecular weight is 177 g/mol. The predicted octanol–water partition coefficient (Wildman–Crippen LogP) is 0.546. The standard InChI is InChI=1S/C9H11N3O/c13-8-5-7(6-1-2-6)11-9-10-3-4-12(8)9/h5-6H,1-4H2,(H,10,11). The molecule has 4 heteroatoms. The van der Waals surface area contributed by atoms with Crippen molar-refractivity contribution >= 4 is 5.95 Å². The molecule has 13 heavy (non-hydrogen) atoms. The van der Waals surface area contributed by atoms with Gasteiger partial charge in [0.2, 0.25) is 5.95 Å². The third-order valence-electron chi connectivity index (χ3n) is 2.64. The molecule has 0 saturated heterocycles. The Morgan fingerprint density at radius 2 is 2.38 bits per heavy atom. The Labute approximate surface area is 75.6 Å². The van der Waals surface area contributed by atoms with Gasteiger partial charge in [-0.2, -0.15) is 0 Å². The molecular formula is C9H11N3O. The van der Waals surface area contributed by atoms with Crippen LogP contribution in [0.4, 0.5) is 5.95 Å². The van der Waals surface area contributed by atoms with Crippen LogP contribution in [-0.4, -0.2) is 16.1 Å². The van der Waals surface area contributed by atoms with Crippen molar-refractivity contribution in [3.63, 3.8) is 0 Å². The van der Waals surface area contributed by atoms with E-state index in [4.69, 9.17) is 0 Å². The minimum Gasteiger partial charge on any atom is -0.354 e. The smallest absolute Gasteiger partial charge is 0.255 e. The number of hydrogen-bond donors (Lipinski definition) is 1. The van der Waals surface area contributed by atoms with Crippen LogP contribution in [0.3, 0.4) is 0 Å². The number of aromatic nitrogens is 2. The van der Waals surface area contributed by atoms with Crippen molar-refractivity contribution in [2.75, 3.05) is 11.9 Å². The number of hydrogen-bond acceptors (Lipinski definition) is 3. The third-order valence-corrected chi connectivity index (χ3v) is 2.64. The Morgan fingerprint density at radius 3 is 3.15 bits per heavy atom. The van der Waals surface area contributed by atoms with Gasteiger partial charge < -0.3 is 5.32 Å². The van der Waals surface area contributed by atoms with Crippen LogP contribution in [0.2, 0.25) is 0 Å². The van der Waals surface area contributed by atoms with Crippen molar-refractivity contribution in [3.8, 4) is 0 Å². The van der Waals surface area contributed by atoms with E-state index in [0.717, 1.165) is 24.7 Å². The molecule has 68 valence electrons. The second-order valence-corrected chi connectivity index (χ2v) is 3.70. The summed E-state index contributed by atoms with van der Waals surface area (Å²) in [6.07, 6.45) is 2.38. The molecule has 0 radical (unpaired) electrons. The lowest BCUT2D eigenvalue weighted by atomic mass is 10.3. The van der Waals surface area contributed by atoms with E-state index in [9.17, 15) is 4.79 Å². The van der Waals surface area contributed by atoms with E-state index in [1.165, 1.54) is 12.8 Å². The predicted molar refractivity (Wildman–Crippen MR) is 49.0 cm³/mol. The van der Waals surface area contributed by atoms with Crippen LogP contribution >= 0.6 is 0 Å². The quantitative estimate of drug-likeness (QED) is 0.681. The van der Waals surface area contributed by atoms with Crippen LogP contribution < -0.4 is 10.9 Å². The van der Waals surface area contributed by atoms with Gasteiger partial charge in [-0.1, -0.05) is 0 Å². The summed E-state index contributed by atoms with van der Waals surface area (Å²) >= 11 is 0. The SMILES string of the molecule is O=c1cc(C2CC2)nc2n1CCN2. The highest BCUT2D eigenvalue weighted by Gasteiger charge is 2.27. The first kappa shape index (κ1) is 7.12. The molecule has 0 bridgehead atoms. The summed E-state index contributed by atoms with van der Waals surface area (Å²) in [6.45, 7) is 1.59. The first-order valence-corrected chi connectivity index (χ1v) is 4.70. The van der Waals surface area contributed by atoms with Gasteiger partial charge in [0, 0.05) is 25.1 Å². The number of anilines is 1. The monoisotopic (exact) mass is 177 g/mol. The van der Waals surface area contributed by atoms with Crippen molar-refractivity contribution in [2.24, 2.45) is 0 Å². The average Bonchev–Trinajstić information content (AvgIpc) is 2.85. The summed E-state index contributed by atoms with van der Waals surface area (Å²) in [5, 5.41) is 3.12. The molecule has 1 aromatic heterocycles. The third kappa shape index (κ3) is 1.05. The lowest BCUT2D eigenvalue weighted by Gasteiger charge is -2.02. The van der Waals surface area contributed by atoms with Crippen LogP contribution in [0.15, 0.2) is 10.9 Å². The van der Waals surface area contributed by atoms with Crippen molar-refractivity contribution in [3.05, 3.63) is 22.1 Å². The van der Waals surface area contributed by atoms with E-state index >= 15 is 0 Å². The zero-order chi connectivity index (χ0) is 8.84. The van der Waals surface area contributed by atoms with Gasteiger partial charge in [0.25, 0.3) is 5.56 Å². The fourth-order valence-electron chi connectivity index (χ4n) is 1.74. The molecule has 1 aromatic rings. The minimum absolute atomic E-state index is 0.0944. The molecule has 1 fully saturated rings. The van der Waals surface area contributed by atoms with Crippen LogP contribution in [0, 0.1) is 0 Å². The van der Waals surface area contributed by atoms with Gasteiger partial charge in [-0.05, 0) is 12.8 Å². The second-order valence-electron chi connectivity index (χ2n) is 3.70. The molecule has 2 aliphatic rings. The van der Waals surface area contributed by atoms with Crippen molar-refractivity contribution in [1.82, 2.24) is 9.55 Å². The maximum Gasteiger partial charge on any atom is 0.255 e. The summed E-state index contributed by atoms with van der Waals surface area (Å²) in [5.41, 5.74) is 1.07. The van der Waals surface area contributed by atoms with E-state index in [1.807, 2.05) is 0 Å². The Balaban J connectivity index is 2.16. The van der Waals surface area contributed by atoms with Crippen LogP contribution in [0.25, 0.3) is 0 Å². The van der Waals surface area contributed by atoms with Gasteiger partial charge in [-0.15, -0.1) is 0 Å². The molecule has 1 aliphatic heterocycles. The zero-order valence-electron chi connectivity index (χ0n) is 7.29. The normalized spacial score (nSPS) is 19.7. The summed E-state index contributed by atoms with van der Waals surface area (Å²) in [5.74, 6) is 1.32. The fraction of sp³-hybridized carbons (Fsp3) is 0.556. The van der Waals surface area contributed by atoms with Crippen molar-refractivity contribution in [1.29, 1.82) is 0 Å². The minimum atomic E-state index is 0.0944. The molecule has 1 N–H and O–H groups in total. The van der Waals surface area contributed by atoms with Crippen molar-refractivity contribution < 1.29 is 0 Å². The molecule has 2 heterocycles. The highest BCUT2D eigenvalue weighted by molar-refractivity contribution is 5.32.